The average molecular weight is 353 g/mol. The molecule has 1 aromatic rings. The number of hydrogen-bond acceptors (Lipinski definition) is 2. The van der Waals surface area contributed by atoms with E-state index in [2.05, 4.69) is 27.9 Å². The Kier molecular flexibility index (Phi) is 5.01. The van der Waals surface area contributed by atoms with Crippen LogP contribution in [0.15, 0.2) is 24.3 Å². The molecule has 1 heterocycles. The zero-order valence-electron chi connectivity index (χ0n) is 8.94. The maximum absolute atomic E-state index is 12.1. The molecule has 1 fully saturated rings. The summed E-state index contributed by atoms with van der Waals surface area (Å²) in [5.74, 6) is 0.117. The predicted molar refractivity (Wildman–Crippen MR) is 75.2 cm³/mol. The molecule has 0 radical (unpaired) electrons. The SMILES string of the molecule is CN(C(=O)c1ccccc1I)C1CNC1.Cl. The fourth-order valence-corrected chi connectivity index (χ4v) is 2.16. The molecule has 1 aliphatic heterocycles. The van der Waals surface area contributed by atoms with Gasteiger partial charge in [0.1, 0.15) is 0 Å². The van der Waals surface area contributed by atoms with Crippen LogP contribution in [0.1, 0.15) is 10.4 Å². The standard InChI is InChI=1S/C11H13IN2O.ClH/c1-14(8-6-13-7-8)11(15)9-4-2-3-5-10(9)12;/h2-5,8,13H,6-7H2,1H3;1H. The summed E-state index contributed by atoms with van der Waals surface area (Å²) in [6, 6.07) is 8.05. The Bertz CT molecular complexity index is 382. The molecule has 0 saturated carbocycles. The van der Waals surface area contributed by atoms with Gasteiger partial charge in [0.25, 0.3) is 5.91 Å². The number of carbonyl (C=O) groups is 1. The van der Waals surface area contributed by atoms with Crippen molar-refractivity contribution < 1.29 is 4.79 Å². The van der Waals surface area contributed by atoms with Gasteiger partial charge in [-0.2, -0.15) is 0 Å². The largest absolute Gasteiger partial charge is 0.336 e. The van der Waals surface area contributed by atoms with Crippen LogP contribution >= 0.6 is 35.0 Å². The normalized spacial score (nSPS) is 14.9. The van der Waals surface area contributed by atoms with Crippen LogP contribution in [0.5, 0.6) is 0 Å². The number of carbonyl (C=O) groups excluding carboxylic acids is 1. The lowest BCUT2D eigenvalue weighted by Crippen LogP contribution is -2.57. The third kappa shape index (κ3) is 2.67. The summed E-state index contributed by atoms with van der Waals surface area (Å²) in [4.78, 5) is 13.9. The van der Waals surface area contributed by atoms with Crippen LogP contribution in [0, 0.1) is 3.57 Å². The summed E-state index contributed by atoms with van der Waals surface area (Å²) in [7, 11) is 1.87. The van der Waals surface area contributed by atoms with Gasteiger partial charge < -0.3 is 10.2 Å². The second-order valence-corrected chi connectivity index (χ2v) is 4.87. The molecule has 0 atom stereocenters. The summed E-state index contributed by atoms with van der Waals surface area (Å²) in [6.07, 6.45) is 0. The summed E-state index contributed by atoms with van der Waals surface area (Å²) < 4.78 is 1.01. The summed E-state index contributed by atoms with van der Waals surface area (Å²) >= 11 is 2.20. The summed E-state index contributed by atoms with van der Waals surface area (Å²) in [6.45, 7) is 1.82. The highest BCUT2D eigenvalue weighted by atomic mass is 127. The number of benzene rings is 1. The van der Waals surface area contributed by atoms with Crippen molar-refractivity contribution in [3.8, 4) is 0 Å². The zero-order valence-corrected chi connectivity index (χ0v) is 11.9. The second kappa shape index (κ2) is 5.84. The smallest absolute Gasteiger partial charge is 0.255 e. The van der Waals surface area contributed by atoms with E-state index < -0.39 is 0 Å². The highest BCUT2D eigenvalue weighted by Crippen LogP contribution is 2.15. The van der Waals surface area contributed by atoms with E-state index >= 15 is 0 Å². The Morgan fingerprint density at radius 3 is 2.56 bits per heavy atom. The summed E-state index contributed by atoms with van der Waals surface area (Å²) in [5.41, 5.74) is 0.799. The van der Waals surface area contributed by atoms with Crippen LogP contribution in [0.2, 0.25) is 0 Å². The quantitative estimate of drug-likeness (QED) is 0.823. The number of nitrogens with zero attached hydrogens (tertiary/aromatic N) is 1. The first kappa shape index (κ1) is 13.7. The van der Waals surface area contributed by atoms with Gasteiger partial charge in [-0.05, 0) is 34.7 Å². The van der Waals surface area contributed by atoms with Crippen molar-refractivity contribution in [2.24, 2.45) is 0 Å². The average Bonchev–Trinajstić information content (AvgIpc) is 2.15. The molecule has 1 saturated heterocycles. The molecule has 1 amide bonds. The molecule has 1 aromatic carbocycles. The van der Waals surface area contributed by atoms with Gasteiger partial charge in [0.05, 0.1) is 11.6 Å². The molecule has 0 aliphatic carbocycles. The lowest BCUT2D eigenvalue weighted by Gasteiger charge is -2.35. The van der Waals surface area contributed by atoms with E-state index in [0.29, 0.717) is 6.04 Å². The number of likely N-dealkylation sites (N-methyl/N-ethyl adjacent to an activating group) is 1. The van der Waals surface area contributed by atoms with Crippen LogP contribution < -0.4 is 5.32 Å². The number of amides is 1. The van der Waals surface area contributed by atoms with E-state index in [1.165, 1.54) is 0 Å². The van der Waals surface area contributed by atoms with E-state index in [4.69, 9.17) is 0 Å². The van der Waals surface area contributed by atoms with Crippen molar-refractivity contribution in [3.63, 3.8) is 0 Å². The monoisotopic (exact) mass is 352 g/mol. The number of nitrogens with one attached hydrogen (secondary N) is 1. The molecule has 1 N–H and O–H groups in total. The molecule has 2 rings (SSSR count). The maximum atomic E-state index is 12.1. The Morgan fingerprint density at radius 1 is 1.44 bits per heavy atom. The van der Waals surface area contributed by atoms with Gasteiger partial charge in [-0.1, -0.05) is 12.1 Å². The Hall–Kier alpha value is -0.330. The van der Waals surface area contributed by atoms with Gasteiger partial charge >= 0.3 is 0 Å². The first-order valence-electron chi connectivity index (χ1n) is 4.92. The van der Waals surface area contributed by atoms with E-state index in [1.807, 2.05) is 36.2 Å². The van der Waals surface area contributed by atoms with Crippen molar-refractivity contribution >= 4 is 40.9 Å². The topological polar surface area (TPSA) is 32.3 Å². The third-order valence-electron chi connectivity index (χ3n) is 2.73. The fraction of sp³-hybridized carbons (Fsp3) is 0.364. The molecule has 0 aromatic heterocycles. The third-order valence-corrected chi connectivity index (χ3v) is 3.67. The van der Waals surface area contributed by atoms with Crippen LogP contribution in [0.3, 0.4) is 0 Å². The van der Waals surface area contributed by atoms with Gasteiger partial charge in [-0.15, -0.1) is 12.4 Å². The molecule has 5 heteroatoms. The molecule has 88 valence electrons. The molecule has 3 nitrogen and oxygen atoms in total. The van der Waals surface area contributed by atoms with Gasteiger partial charge in [-0.25, -0.2) is 0 Å². The minimum Gasteiger partial charge on any atom is -0.336 e. The molecule has 0 bridgehead atoms. The van der Waals surface area contributed by atoms with Crippen LogP contribution in [0.25, 0.3) is 0 Å². The van der Waals surface area contributed by atoms with E-state index in [1.54, 1.807) is 0 Å². The number of rotatable bonds is 2. The zero-order chi connectivity index (χ0) is 10.8. The van der Waals surface area contributed by atoms with Crippen LogP contribution in [0.4, 0.5) is 0 Å². The molecular formula is C11H14ClIN2O. The van der Waals surface area contributed by atoms with Crippen LogP contribution in [-0.4, -0.2) is 37.0 Å². The highest BCUT2D eigenvalue weighted by molar-refractivity contribution is 14.1. The van der Waals surface area contributed by atoms with Gasteiger partial charge in [-0.3, -0.25) is 4.79 Å². The summed E-state index contributed by atoms with van der Waals surface area (Å²) in [5, 5.41) is 3.17. The van der Waals surface area contributed by atoms with E-state index in [9.17, 15) is 4.79 Å². The van der Waals surface area contributed by atoms with E-state index in [0.717, 1.165) is 22.2 Å². The molecule has 0 spiro atoms. The molecular weight excluding hydrogens is 338 g/mol. The second-order valence-electron chi connectivity index (χ2n) is 3.71. The van der Waals surface area contributed by atoms with Crippen molar-refractivity contribution in [3.05, 3.63) is 33.4 Å². The minimum atomic E-state index is 0. The first-order valence-corrected chi connectivity index (χ1v) is 6.00. The van der Waals surface area contributed by atoms with Crippen LogP contribution in [-0.2, 0) is 0 Å². The molecule has 16 heavy (non-hydrogen) atoms. The number of hydrogen-bond donors (Lipinski definition) is 1. The van der Waals surface area contributed by atoms with Gasteiger partial charge in [0.15, 0.2) is 0 Å². The highest BCUT2D eigenvalue weighted by Gasteiger charge is 2.26. The molecule has 1 aliphatic rings. The van der Waals surface area contributed by atoms with Gasteiger partial charge in [0, 0.05) is 23.7 Å². The first-order chi connectivity index (χ1) is 7.20. The van der Waals surface area contributed by atoms with Crippen molar-refractivity contribution in [1.29, 1.82) is 0 Å². The van der Waals surface area contributed by atoms with Crippen molar-refractivity contribution in [2.45, 2.75) is 6.04 Å². The Morgan fingerprint density at radius 2 is 2.06 bits per heavy atom. The lowest BCUT2D eigenvalue weighted by atomic mass is 10.1. The predicted octanol–water partition coefficient (Wildman–Crippen LogP) is 1.76. The maximum Gasteiger partial charge on any atom is 0.255 e. The van der Waals surface area contributed by atoms with Gasteiger partial charge in [0.2, 0.25) is 0 Å². The van der Waals surface area contributed by atoms with E-state index in [-0.39, 0.29) is 18.3 Å². The fourth-order valence-electron chi connectivity index (χ4n) is 1.54. The van der Waals surface area contributed by atoms with Crippen molar-refractivity contribution in [2.75, 3.05) is 20.1 Å². The van der Waals surface area contributed by atoms with Crippen molar-refractivity contribution in [1.82, 2.24) is 10.2 Å². The number of halogens is 2. The lowest BCUT2D eigenvalue weighted by molar-refractivity contribution is 0.0680. The molecule has 0 unspecified atom stereocenters. The Labute approximate surface area is 115 Å². The minimum absolute atomic E-state index is 0. The Balaban J connectivity index is 0.00000128.